The number of amides is 1. The van der Waals surface area contributed by atoms with Gasteiger partial charge in [0.2, 0.25) is 0 Å². The Labute approximate surface area is 166 Å². The van der Waals surface area contributed by atoms with Crippen molar-refractivity contribution in [3.63, 3.8) is 0 Å². The fourth-order valence-electron chi connectivity index (χ4n) is 4.19. The van der Waals surface area contributed by atoms with Gasteiger partial charge in [0.1, 0.15) is 11.5 Å². The third kappa shape index (κ3) is 3.60. The van der Waals surface area contributed by atoms with Gasteiger partial charge in [-0.3, -0.25) is 9.48 Å². The zero-order chi connectivity index (χ0) is 20.9. The number of hydrogen-bond acceptors (Lipinski definition) is 4. The van der Waals surface area contributed by atoms with E-state index < -0.39 is 12.2 Å². The molecule has 0 bridgehead atoms. The Morgan fingerprint density at radius 1 is 1.34 bits per heavy atom. The van der Waals surface area contributed by atoms with Crippen LogP contribution in [0, 0.1) is 5.92 Å². The van der Waals surface area contributed by atoms with E-state index in [2.05, 4.69) is 15.5 Å². The maximum Gasteiger partial charge on any atom is 0.410 e. The molecule has 1 amide bonds. The molecule has 1 fully saturated rings. The van der Waals surface area contributed by atoms with Gasteiger partial charge in [0, 0.05) is 44.4 Å². The first-order valence-corrected chi connectivity index (χ1v) is 9.85. The quantitative estimate of drug-likeness (QED) is 0.844. The molecular formula is C19H25F3N6O. The van der Waals surface area contributed by atoms with Crippen molar-refractivity contribution >= 4 is 11.7 Å². The van der Waals surface area contributed by atoms with E-state index in [0.717, 1.165) is 4.68 Å². The van der Waals surface area contributed by atoms with E-state index in [4.69, 9.17) is 0 Å². The zero-order valence-corrected chi connectivity index (χ0v) is 16.6. The molecule has 0 aliphatic carbocycles. The van der Waals surface area contributed by atoms with E-state index in [1.807, 2.05) is 13.8 Å². The highest BCUT2D eigenvalue weighted by Crippen LogP contribution is 2.42. The third-order valence-electron chi connectivity index (χ3n) is 5.98. The van der Waals surface area contributed by atoms with Crippen molar-refractivity contribution in [1.29, 1.82) is 0 Å². The second-order valence-corrected chi connectivity index (χ2v) is 8.26. The minimum atomic E-state index is -4.36. The van der Waals surface area contributed by atoms with E-state index in [1.54, 1.807) is 30.3 Å². The summed E-state index contributed by atoms with van der Waals surface area (Å²) < 4.78 is 43.6. The van der Waals surface area contributed by atoms with Crippen molar-refractivity contribution in [3.8, 4) is 0 Å². The van der Waals surface area contributed by atoms with Crippen molar-refractivity contribution in [2.45, 2.75) is 50.9 Å². The van der Waals surface area contributed by atoms with E-state index in [9.17, 15) is 18.0 Å². The number of anilines is 1. The summed E-state index contributed by atoms with van der Waals surface area (Å²) in [5.41, 5.74) is 1.10. The van der Waals surface area contributed by atoms with Crippen LogP contribution in [0.3, 0.4) is 0 Å². The molecule has 0 radical (unpaired) electrons. The van der Waals surface area contributed by atoms with E-state index in [1.165, 1.54) is 4.68 Å². The Morgan fingerprint density at radius 3 is 2.72 bits per heavy atom. The summed E-state index contributed by atoms with van der Waals surface area (Å²) >= 11 is 0. The molecule has 3 atom stereocenters. The number of rotatable bonds is 3. The predicted octanol–water partition coefficient (Wildman–Crippen LogP) is 3.19. The maximum atomic E-state index is 13.7. The number of hydrogen-bond donors (Lipinski definition) is 1. The van der Waals surface area contributed by atoms with Crippen LogP contribution in [0.4, 0.5) is 19.0 Å². The van der Waals surface area contributed by atoms with Crippen molar-refractivity contribution in [3.05, 3.63) is 29.7 Å². The average Bonchev–Trinajstić information content (AvgIpc) is 3.37. The van der Waals surface area contributed by atoms with Crippen molar-refractivity contribution < 1.29 is 18.0 Å². The van der Waals surface area contributed by atoms with Crippen molar-refractivity contribution in [2.75, 3.05) is 18.4 Å². The first kappa shape index (κ1) is 19.8. The highest BCUT2D eigenvalue weighted by atomic mass is 19.4. The van der Waals surface area contributed by atoms with Gasteiger partial charge in [-0.2, -0.15) is 23.4 Å². The lowest BCUT2D eigenvalue weighted by Gasteiger charge is -2.35. The van der Waals surface area contributed by atoms with Crippen LogP contribution >= 0.6 is 0 Å². The molecule has 1 N–H and O–H groups in total. The van der Waals surface area contributed by atoms with Crippen LogP contribution in [-0.2, 0) is 7.05 Å². The minimum Gasteiger partial charge on any atom is -0.367 e. The number of halogens is 3. The van der Waals surface area contributed by atoms with Gasteiger partial charge in [-0.25, -0.2) is 4.68 Å². The second-order valence-electron chi connectivity index (χ2n) is 8.26. The first-order chi connectivity index (χ1) is 13.6. The molecule has 2 aromatic heterocycles. The molecule has 10 heteroatoms. The Hall–Kier alpha value is -2.52. The molecule has 4 rings (SSSR count). The molecule has 2 aromatic rings. The molecule has 7 nitrogen and oxygen atoms in total. The number of aryl methyl sites for hydroxylation is 1. The van der Waals surface area contributed by atoms with Gasteiger partial charge in [0.15, 0.2) is 6.04 Å². The summed E-state index contributed by atoms with van der Waals surface area (Å²) in [6.45, 7) is 4.81. The molecule has 1 saturated heterocycles. The molecule has 0 aromatic carbocycles. The SMILES string of the molecule is CC(C)[C@@H]1C[C@H](C(F)(F)F)n2nc([C@@H]3CCN(C(=O)c4ccnn4C)C3)cc2N1. The van der Waals surface area contributed by atoms with Gasteiger partial charge in [0.05, 0.1) is 5.69 Å². The van der Waals surface area contributed by atoms with Gasteiger partial charge in [-0.05, 0) is 24.8 Å². The Bertz CT molecular complexity index is 902. The lowest BCUT2D eigenvalue weighted by Crippen LogP contribution is -2.41. The molecule has 0 spiro atoms. The number of carbonyl (C=O) groups excluding carboxylic acids is 1. The number of aromatic nitrogens is 4. The molecule has 29 heavy (non-hydrogen) atoms. The van der Waals surface area contributed by atoms with Crippen LogP contribution in [0.25, 0.3) is 0 Å². The lowest BCUT2D eigenvalue weighted by molar-refractivity contribution is -0.174. The summed E-state index contributed by atoms with van der Waals surface area (Å²) in [5, 5.41) is 11.6. The van der Waals surface area contributed by atoms with Gasteiger partial charge >= 0.3 is 6.18 Å². The number of fused-ring (bicyclic) bond motifs is 1. The van der Waals surface area contributed by atoms with Gasteiger partial charge in [-0.15, -0.1) is 0 Å². The van der Waals surface area contributed by atoms with Crippen molar-refractivity contribution in [2.24, 2.45) is 13.0 Å². The van der Waals surface area contributed by atoms with Gasteiger partial charge < -0.3 is 10.2 Å². The molecule has 2 aliphatic heterocycles. The normalized spacial score (nSPS) is 24.7. The highest BCUT2D eigenvalue weighted by molar-refractivity contribution is 5.92. The molecular weight excluding hydrogens is 385 g/mol. The van der Waals surface area contributed by atoms with Gasteiger partial charge in [0.25, 0.3) is 5.91 Å². The number of nitrogens with zero attached hydrogens (tertiary/aromatic N) is 5. The topological polar surface area (TPSA) is 68.0 Å². The summed E-state index contributed by atoms with van der Waals surface area (Å²) in [5.74, 6) is 0.273. The largest absolute Gasteiger partial charge is 0.410 e. The van der Waals surface area contributed by atoms with E-state index in [0.29, 0.717) is 36.7 Å². The second kappa shape index (κ2) is 7.07. The van der Waals surface area contributed by atoms with Gasteiger partial charge in [-0.1, -0.05) is 13.8 Å². The Morgan fingerprint density at radius 2 is 2.10 bits per heavy atom. The Balaban J connectivity index is 1.55. The predicted molar refractivity (Wildman–Crippen MR) is 101 cm³/mol. The molecule has 2 aliphatic rings. The molecule has 4 heterocycles. The smallest absolute Gasteiger partial charge is 0.367 e. The van der Waals surface area contributed by atoms with Crippen LogP contribution < -0.4 is 5.32 Å². The van der Waals surface area contributed by atoms with Crippen LogP contribution in [0.2, 0.25) is 0 Å². The summed E-state index contributed by atoms with van der Waals surface area (Å²) in [4.78, 5) is 14.4. The maximum absolute atomic E-state index is 13.7. The first-order valence-electron chi connectivity index (χ1n) is 9.85. The number of nitrogens with one attached hydrogen (secondary N) is 1. The Kier molecular flexibility index (Phi) is 4.82. The number of carbonyl (C=O) groups is 1. The zero-order valence-electron chi connectivity index (χ0n) is 16.6. The van der Waals surface area contributed by atoms with Crippen LogP contribution in [0.15, 0.2) is 18.3 Å². The van der Waals surface area contributed by atoms with Crippen LogP contribution in [-0.4, -0.2) is 55.7 Å². The fourth-order valence-corrected chi connectivity index (χ4v) is 4.19. The third-order valence-corrected chi connectivity index (χ3v) is 5.98. The monoisotopic (exact) mass is 410 g/mol. The highest BCUT2D eigenvalue weighted by Gasteiger charge is 2.47. The summed E-state index contributed by atoms with van der Waals surface area (Å²) in [6.07, 6.45) is -2.15. The molecule has 0 unspecified atom stereocenters. The lowest BCUT2D eigenvalue weighted by atomic mass is 9.94. The molecule has 158 valence electrons. The minimum absolute atomic E-state index is 0.0367. The van der Waals surface area contributed by atoms with Crippen LogP contribution in [0.1, 0.15) is 54.8 Å². The number of alkyl halides is 3. The summed E-state index contributed by atoms with van der Waals surface area (Å²) in [7, 11) is 1.71. The standard InChI is InChI=1S/C19H25F3N6O/c1-11(2)13-8-16(19(20,21)22)28-17(24-13)9-14(25-28)12-5-7-27(10-12)18(29)15-4-6-23-26(15)3/h4,6,9,11-13,16,24H,5,7-8,10H2,1-3H3/t12-,13+,16-/m1/s1. The van der Waals surface area contributed by atoms with Crippen LogP contribution in [0.5, 0.6) is 0 Å². The van der Waals surface area contributed by atoms with E-state index >= 15 is 0 Å². The summed E-state index contributed by atoms with van der Waals surface area (Å²) in [6, 6.07) is 1.49. The molecule has 0 saturated carbocycles. The average molecular weight is 410 g/mol. The number of likely N-dealkylation sites (tertiary alicyclic amines) is 1. The van der Waals surface area contributed by atoms with E-state index in [-0.39, 0.29) is 30.2 Å². The van der Waals surface area contributed by atoms with Crippen molar-refractivity contribution in [1.82, 2.24) is 24.5 Å². The fraction of sp³-hybridized carbons (Fsp3) is 0.632.